The van der Waals surface area contributed by atoms with Crippen LogP contribution in [0.4, 0.5) is 13.2 Å². The summed E-state index contributed by atoms with van der Waals surface area (Å²) in [6.07, 6.45) is -1.83. The molecule has 0 heterocycles. The summed E-state index contributed by atoms with van der Waals surface area (Å²) in [5, 5.41) is 8.94. The SMILES string of the molecule is Cc1ccc(/C=C/C(=O)c2ccc(CO)cc2)cc1C(F)(F)F. The zero-order valence-electron chi connectivity index (χ0n) is 12.4. The third-order valence-corrected chi connectivity index (χ3v) is 3.42. The van der Waals surface area contributed by atoms with Crippen molar-refractivity contribution >= 4 is 11.9 Å². The number of allylic oxidation sites excluding steroid dienone is 1. The number of aliphatic hydroxyl groups is 1. The van der Waals surface area contributed by atoms with Crippen LogP contribution in [0.15, 0.2) is 48.5 Å². The average Bonchev–Trinajstić information content (AvgIpc) is 2.52. The molecule has 0 aliphatic heterocycles. The van der Waals surface area contributed by atoms with Crippen LogP contribution in [0.1, 0.15) is 32.6 Å². The number of alkyl halides is 3. The zero-order valence-corrected chi connectivity index (χ0v) is 12.4. The lowest BCUT2D eigenvalue weighted by Gasteiger charge is -2.10. The number of hydrogen-bond donors (Lipinski definition) is 1. The third-order valence-electron chi connectivity index (χ3n) is 3.42. The minimum absolute atomic E-state index is 0.117. The van der Waals surface area contributed by atoms with Crippen molar-refractivity contribution in [1.29, 1.82) is 0 Å². The molecule has 0 amide bonds. The summed E-state index contributed by atoms with van der Waals surface area (Å²) >= 11 is 0. The van der Waals surface area contributed by atoms with Gasteiger partial charge in [0.15, 0.2) is 5.78 Å². The molecule has 0 atom stereocenters. The quantitative estimate of drug-likeness (QED) is 0.669. The Labute approximate surface area is 131 Å². The fraction of sp³-hybridized carbons (Fsp3) is 0.167. The molecule has 23 heavy (non-hydrogen) atoms. The van der Waals surface area contributed by atoms with Gasteiger partial charge in [0.1, 0.15) is 0 Å². The summed E-state index contributed by atoms with van der Waals surface area (Å²) in [6.45, 7) is 1.28. The molecule has 120 valence electrons. The number of hydrogen-bond acceptors (Lipinski definition) is 2. The maximum Gasteiger partial charge on any atom is 0.416 e. The van der Waals surface area contributed by atoms with E-state index in [1.54, 1.807) is 24.3 Å². The molecule has 2 aromatic carbocycles. The Bertz CT molecular complexity index is 729. The molecule has 2 nitrogen and oxygen atoms in total. The van der Waals surface area contributed by atoms with Crippen LogP contribution in [-0.4, -0.2) is 10.9 Å². The Balaban J connectivity index is 2.20. The maximum absolute atomic E-state index is 12.9. The highest BCUT2D eigenvalue weighted by Crippen LogP contribution is 2.32. The Morgan fingerprint density at radius 1 is 1.13 bits per heavy atom. The van der Waals surface area contributed by atoms with Crippen molar-refractivity contribution in [1.82, 2.24) is 0 Å². The number of carbonyl (C=O) groups excluding carboxylic acids is 1. The van der Waals surface area contributed by atoms with Gasteiger partial charge in [0.2, 0.25) is 0 Å². The third kappa shape index (κ3) is 4.29. The van der Waals surface area contributed by atoms with Crippen LogP contribution in [0.5, 0.6) is 0 Å². The first-order chi connectivity index (χ1) is 10.8. The molecule has 0 aliphatic rings. The number of carbonyl (C=O) groups is 1. The summed E-state index contributed by atoms with van der Waals surface area (Å²) < 4.78 is 38.6. The van der Waals surface area contributed by atoms with Crippen molar-refractivity contribution in [2.24, 2.45) is 0 Å². The van der Waals surface area contributed by atoms with Crippen LogP contribution in [0.2, 0.25) is 0 Å². The Morgan fingerprint density at radius 3 is 2.35 bits per heavy atom. The van der Waals surface area contributed by atoms with Crippen molar-refractivity contribution in [3.05, 3.63) is 76.4 Å². The smallest absolute Gasteiger partial charge is 0.392 e. The maximum atomic E-state index is 12.9. The summed E-state index contributed by atoms with van der Waals surface area (Å²) in [4.78, 5) is 12.0. The summed E-state index contributed by atoms with van der Waals surface area (Å²) in [6, 6.07) is 10.3. The van der Waals surface area contributed by atoms with Crippen LogP contribution in [-0.2, 0) is 12.8 Å². The van der Waals surface area contributed by atoms with Gasteiger partial charge in [-0.2, -0.15) is 13.2 Å². The predicted molar refractivity (Wildman–Crippen MR) is 81.9 cm³/mol. The number of benzene rings is 2. The van der Waals surface area contributed by atoms with Gasteiger partial charge in [-0.25, -0.2) is 0 Å². The van der Waals surface area contributed by atoms with Gasteiger partial charge in [-0.1, -0.05) is 42.5 Å². The van der Waals surface area contributed by atoms with E-state index in [-0.39, 0.29) is 18.0 Å². The highest BCUT2D eigenvalue weighted by Gasteiger charge is 2.32. The Hall–Kier alpha value is -2.40. The van der Waals surface area contributed by atoms with Gasteiger partial charge < -0.3 is 5.11 Å². The van der Waals surface area contributed by atoms with E-state index in [0.29, 0.717) is 16.7 Å². The number of rotatable bonds is 4. The van der Waals surface area contributed by atoms with E-state index in [0.717, 1.165) is 6.07 Å². The molecule has 0 spiro atoms. The molecule has 0 radical (unpaired) electrons. The minimum Gasteiger partial charge on any atom is -0.392 e. The van der Waals surface area contributed by atoms with Crippen molar-refractivity contribution in [2.45, 2.75) is 19.7 Å². The molecule has 0 saturated heterocycles. The van der Waals surface area contributed by atoms with Gasteiger partial charge in [-0.3, -0.25) is 4.79 Å². The van der Waals surface area contributed by atoms with E-state index in [9.17, 15) is 18.0 Å². The van der Waals surface area contributed by atoms with Gasteiger partial charge in [0.05, 0.1) is 12.2 Å². The molecule has 0 bridgehead atoms. The van der Waals surface area contributed by atoms with Crippen molar-refractivity contribution in [3.8, 4) is 0 Å². The fourth-order valence-electron chi connectivity index (χ4n) is 2.09. The molecular weight excluding hydrogens is 305 g/mol. The summed E-state index contributed by atoms with van der Waals surface area (Å²) in [5.41, 5.74) is 0.823. The highest BCUT2D eigenvalue weighted by atomic mass is 19.4. The monoisotopic (exact) mass is 320 g/mol. The lowest BCUT2D eigenvalue weighted by molar-refractivity contribution is -0.138. The standard InChI is InChI=1S/C18H15F3O2/c1-12-2-3-13(10-16(12)18(19,20)21)6-9-17(23)15-7-4-14(11-22)5-8-15/h2-10,22H,11H2,1H3/b9-6+. The summed E-state index contributed by atoms with van der Waals surface area (Å²) in [5.74, 6) is -0.316. The first-order valence-electron chi connectivity index (χ1n) is 6.91. The second kappa shape index (κ2) is 6.79. The van der Waals surface area contributed by atoms with Crippen molar-refractivity contribution in [3.63, 3.8) is 0 Å². The molecule has 2 aromatic rings. The van der Waals surface area contributed by atoms with E-state index in [4.69, 9.17) is 5.11 Å². The average molecular weight is 320 g/mol. The van der Waals surface area contributed by atoms with Crippen molar-refractivity contribution in [2.75, 3.05) is 0 Å². The van der Waals surface area contributed by atoms with Gasteiger partial charge in [0.25, 0.3) is 0 Å². The van der Waals surface area contributed by atoms with Gasteiger partial charge >= 0.3 is 6.18 Å². The number of aliphatic hydroxyl groups excluding tert-OH is 1. The normalized spacial score (nSPS) is 11.9. The van der Waals surface area contributed by atoms with Crippen LogP contribution in [0, 0.1) is 6.92 Å². The van der Waals surface area contributed by atoms with Gasteiger partial charge in [-0.05, 0) is 35.8 Å². The molecule has 0 unspecified atom stereocenters. The number of halogens is 3. The second-order valence-electron chi connectivity index (χ2n) is 5.12. The van der Waals surface area contributed by atoms with E-state index < -0.39 is 11.7 Å². The molecule has 2 rings (SSSR count). The van der Waals surface area contributed by atoms with Crippen LogP contribution < -0.4 is 0 Å². The van der Waals surface area contributed by atoms with E-state index in [1.807, 2.05) is 0 Å². The lowest BCUT2D eigenvalue weighted by atomic mass is 10.0. The lowest BCUT2D eigenvalue weighted by Crippen LogP contribution is -2.07. The van der Waals surface area contributed by atoms with Crippen LogP contribution >= 0.6 is 0 Å². The summed E-state index contributed by atoms with van der Waals surface area (Å²) in [7, 11) is 0. The molecule has 0 saturated carbocycles. The fourth-order valence-corrected chi connectivity index (χ4v) is 2.09. The predicted octanol–water partition coefficient (Wildman–Crippen LogP) is 4.40. The number of ketones is 1. The number of aryl methyl sites for hydroxylation is 1. The topological polar surface area (TPSA) is 37.3 Å². The second-order valence-corrected chi connectivity index (χ2v) is 5.12. The molecule has 0 aliphatic carbocycles. The Morgan fingerprint density at radius 2 is 1.78 bits per heavy atom. The van der Waals surface area contributed by atoms with E-state index in [2.05, 4.69) is 0 Å². The zero-order chi connectivity index (χ0) is 17.0. The largest absolute Gasteiger partial charge is 0.416 e. The first-order valence-corrected chi connectivity index (χ1v) is 6.91. The molecule has 0 fully saturated rings. The van der Waals surface area contributed by atoms with Crippen LogP contribution in [0.3, 0.4) is 0 Å². The first kappa shape index (κ1) is 17.0. The minimum atomic E-state index is -4.42. The molecule has 5 heteroatoms. The van der Waals surface area contributed by atoms with Gasteiger partial charge in [0, 0.05) is 5.56 Å². The molecular formula is C18H15F3O2. The van der Waals surface area contributed by atoms with E-state index in [1.165, 1.54) is 31.2 Å². The molecule has 0 aromatic heterocycles. The van der Waals surface area contributed by atoms with E-state index >= 15 is 0 Å². The van der Waals surface area contributed by atoms with Crippen molar-refractivity contribution < 1.29 is 23.1 Å². The van der Waals surface area contributed by atoms with Gasteiger partial charge in [-0.15, -0.1) is 0 Å². The Kier molecular flexibility index (Phi) is 5.01. The van der Waals surface area contributed by atoms with Crippen LogP contribution in [0.25, 0.3) is 6.08 Å². The molecule has 1 N–H and O–H groups in total. The highest BCUT2D eigenvalue weighted by molar-refractivity contribution is 6.06.